The van der Waals surface area contributed by atoms with Crippen molar-refractivity contribution in [3.8, 4) is 0 Å². The predicted molar refractivity (Wildman–Crippen MR) is 233 cm³/mol. The normalized spacial score (nSPS) is 26.4. The van der Waals surface area contributed by atoms with E-state index in [-0.39, 0.29) is 42.1 Å². The van der Waals surface area contributed by atoms with E-state index in [1.54, 1.807) is 19.9 Å². The molecule has 0 bridgehead atoms. The minimum atomic E-state index is -4.93. The Balaban J connectivity index is 0.000000203. The zero-order valence-electron chi connectivity index (χ0n) is 37.8. The van der Waals surface area contributed by atoms with Crippen LogP contribution in [0.4, 0.5) is 39.5 Å². The Morgan fingerprint density at radius 2 is 1.01 bits per heavy atom. The molecule has 9 nitrogen and oxygen atoms in total. The highest BCUT2D eigenvalue weighted by molar-refractivity contribution is 5.79. The first kappa shape index (κ1) is 50.9. The number of hydrogen-bond donors (Lipinski definition) is 4. The number of carbonyl (C=O) groups excluding carboxylic acids is 2. The maximum absolute atomic E-state index is 13.3. The Morgan fingerprint density at radius 3 is 1.41 bits per heavy atom. The lowest BCUT2D eigenvalue weighted by molar-refractivity contribution is -0.167. The summed E-state index contributed by atoms with van der Waals surface area (Å²) >= 11 is 0. The minimum Gasteiger partial charge on any atom is -0.372 e. The molecule has 1 amide bonds. The van der Waals surface area contributed by atoms with Crippen LogP contribution >= 0.6 is 0 Å². The van der Waals surface area contributed by atoms with Crippen molar-refractivity contribution in [3.63, 3.8) is 0 Å². The molecule has 1 unspecified atom stereocenters. The third-order valence-electron chi connectivity index (χ3n) is 13.8. The monoisotopic (exact) mass is 962 g/mol. The smallest absolute Gasteiger partial charge is 0.372 e. The van der Waals surface area contributed by atoms with Gasteiger partial charge in [-0.1, -0.05) is 72.3 Å². The van der Waals surface area contributed by atoms with E-state index >= 15 is 0 Å². The topological polar surface area (TPSA) is 110 Å². The quantitative estimate of drug-likeness (QED) is 0.116. The van der Waals surface area contributed by atoms with E-state index in [0.717, 1.165) is 36.5 Å². The van der Waals surface area contributed by atoms with Crippen LogP contribution in [0.2, 0.25) is 0 Å². The molecule has 4 aliphatic rings. The Hall–Kier alpha value is -5.01. The molecular formula is C50H55F9N4O5. The molecule has 4 N–H and O–H groups in total. The summed E-state index contributed by atoms with van der Waals surface area (Å²) in [6.45, 7) is 6.26. The third-order valence-corrected chi connectivity index (χ3v) is 13.8. The highest BCUT2D eigenvalue weighted by atomic mass is 19.4. The summed E-state index contributed by atoms with van der Waals surface area (Å²) in [6.07, 6.45) is -10.9. The van der Waals surface area contributed by atoms with Gasteiger partial charge in [0.05, 0.1) is 64.3 Å². The van der Waals surface area contributed by atoms with Crippen LogP contribution in [-0.2, 0) is 53.5 Å². The molecule has 4 fully saturated rings. The van der Waals surface area contributed by atoms with Crippen LogP contribution in [0, 0.1) is 6.92 Å². The molecule has 2 spiro atoms. The highest BCUT2D eigenvalue weighted by Gasteiger charge is 2.48. The maximum Gasteiger partial charge on any atom is 0.416 e. The van der Waals surface area contributed by atoms with Gasteiger partial charge in [-0.25, -0.2) is 0 Å². The molecule has 8 rings (SSSR count). The van der Waals surface area contributed by atoms with Gasteiger partial charge in [0.2, 0.25) is 5.91 Å². The Labute approximate surface area is 388 Å². The molecule has 68 heavy (non-hydrogen) atoms. The van der Waals surface area contributed by atoms with Crippen molar-refractivity contribution >= 4 is 11.9 Å². The number of carbonyl (C=O) groups is 2. The van der Waals surface area contributed by atoms with E-state index in [2.05, 4.69) is 21.4 Å². The van der Waals surface area contributed by atoms with Crippen LogP contribution in [0.5, 0.6) is 0 Å². The summed E-state index contributed by atoms with van der Waals surface area (Å²) in [5.74, 6) is -0.249. The number of benzene rings is 4. The van der Waals surface area contributed by atoms with Crippen LogP contribution in [-0.4, -0.2) is 49.3 Å². The van der Waals surface area contributed by atoms with Crippen molar-refractivity contribution in [2.24, 2.45) is 0 Å². The van der Waals surface area contributed by atoms with Gasteiger partial charge in [-0.2, -0.15) is 39.5 Å². The zero-order valence-corrected chi connectivity index (χ0v) is 37.8. The van der Waals surface area contributed by atoms with E-state index in [1.807, 2.05) is 60.7 Å². The van der Waals surface area contributed by atoms with Gasteiger partial charge in [-0.05, 0) is 112 Å². The molecule has 4 aliphatic heterocycles. The molecule has 368 valence electrons. The van der Waals surface area contributed by atoms with Crippen molar-refractivity contribution in [3.05, 3.63) is 142 Å². The minimum absolute atomic E-state index is 0.00560. The lowest BCUT2D eigenvalue weighted by Crippen LogP contribution is -2.64. The van der Waals surface area contributed by atoms with Gasteiger partial charge in [0, 0.05) is 25.9 Å². The van der Waals surface area contributed by atoms with Gasteiger partial charge in [0.15, 0.2) is 0 Å². The Kier molecular flexibility index (Phi) is 14.8. The van der Waals surface area contributed by atoms with Crippen LogP contribution in [0.1, 0.15) is 122 Å². The van der Waals surface area contributed by atoms with Gasteiger partial charge in [-0.15, -0.1) is 5.48 Å². The number of nitrogens with one attached hydrogen (secondary N) is 4. The molecule has 0 aliphatic carbocycles. The number of hydrogen-bond acceptors (Lipinski definition) is 8. The van der Waals surface area contributed by atoms with E-state index in [9.17, 15) is 49.1 Å². The molecule has 4 heterocycles. The van der Waals surface area contributed by atoms with E-state index < -0.39 is 64.0 Å². The van der Waals surface area contributed by atoms with E-state index in [1.165, 1.54) is 13.0 Å². The van der Waals surface area contributed by atoms with E-state index in [0.29, 0.717) is 68.6 Å². The largest absolute Gasteiger partial charge is 0.416 e. The number of amides is 1. The number of rotatable bonds is 10. The number of hydroxylamine groups is 1. The highest BCUT2D eigenvalue weighted by Crippen LogP contribution is 2.42. The lowest BCUT2D eigenvalue weighted by Gasteiger charge is -2.48. The van der Waals surface area contributed by atoms with Gasteiger partial charge < -0.3 is 30.3 Å². The number of halogens is 9. The van der Waals surface area contributed by atoms with Crippen LogP contribution in [0.25, 0.3) is 0 Å². The Bertz CT molecular complexity index is 2330. The molecule has 4 saturated heterocycles. The maximum atomic E-state index is 13.3. The summed E-state index contributed by atoms with van der Waals surface area (Å²) in [6, 6.07) is 24.8. The van der Waals surface area contributed by atoms with Crippen molar-refractivity contribution in [2.75, 3.05) is 26.3 Å². The molecule has 4 aromatic carbocycles. The molecule has 6 atom stereocenters. The van der Waals surface area contributed by atoms with Crippen LogP contribution in [0.15, 0.2) is 97.1 Å². The van der Waals surface area contributed by atoms with Crippen molar-refractivity contribution in [1.82, 2.24) is 21.4 Å². The molecule has 18 heteroatoms. The average Bonchev–Trinajstić information content (AvgIpc) is 3.68. The summed E-state index contributed by atoms with van der Waals surface area (Å²) in [4.78, 5) is 28.3. The Morgan fingerprint density at radius 1 is 0.574 bits per heavy atom. The number of piperidine rings is 2. The SMILES string of the molecule is C[C@@H](OC[C@@]1(c2ccccc2)CCC2(CCC(=O)ON2)CN1)c1cc(C(F)(F)F)cc(C(F)(F)F)c1.Cc1cc([C@@H](C)OC[C@@]2(c3ccccc3)CC[C@]3(CCC(=O)N3)CN2)cc(C(F)(F)F)c1. The van der Waals surface area contributed by atoms with Gasteiger partial charge in [-0.3, -0.25) is 9.59 Å². The summed E-state index contributed by atoms with van der Waals surface area (Å²) < 4.78 is 132. The standard InChI is InChI=1S/C25H26F6N2O3.C25H29F3N2O2/c1-16(17-11-19(24(26,27)28)13-20(12-17)25(29,30)31)35-15-23(18-5-3-2-4-6-18)10-9-22(14-32-23)8-7-21(34)36-33-22;1-17-12-19(14-21(13-17)25(26,27)28)18(2)32-16-24(20-6-4-3-5-7-20)11-10-23(15-29-24)9-8-22(31)30-23/h2-6,11-13,16,32-33H,7-10,14-15H2,1H3;3-7,12-14,18,29H,8-11,15-16H2,1-2H3,(H,30,31)/t16-,22?,23-;18-,23-,24-/m11/s1. The molecule has 0 saturated carbocycles. The van der Waals surface area contributed by atoms with Gasteiger partial charge >= 0.3 is 24.5 Å². The summed E-state index contributed by atoms with van der Waals surface area (Å²) in [5, 5.41) is 10.2. The van der Waals surface area contributed by atoms with Crippen molar-refractivity contribution in [1.29, 1.82) is 0 Å². The first-order valence-corrected chi connectivity index (χ1v) is 22.5. The fourth-order valence-corrected chi connectivity index (χ4v) is 9.51. The van der Waals surface area contributed by atoms with E-state index in [4.69, 9.17) is 14.3 Å². The fraction of sp³-hybridized carbons (Fsp3) is 0.480. The van der Waals surface area contributed by atoms with Gasteiger partial charge in [0.25, 0.3) is 0 Å². The summed E-state index contributed by atoms with van der Waals surface area (Å²) in [7, 11) is 0. The zero-order chi connectivity index (χ0) is 49.2. The average molecular weight is 963 g/mol. The third kappa shape index (κ3) is 11.9. The number of aryl methyl sites for hydroxylation is 1. The lowest BCUT2D eigenvalue weighted by atomic mass is 9.75. The number of alkyl halides is 9. The molecule has 4 aromatic rings. The predicted octanol–water partition coefficient (Wildman–Crippen LogP) is 10.7. The van der Waals surface area contributed by atoms with Crippen molar-refractivity contribution in [2.45, 2.75) is 125 Å². The summed E-state index contributed by atoms with van der Waals surface area (Å²) in [5.41, 5.74) is 0.338. The molecule has 0 radical (unpaired) electrons. The second-order valence-electron chi connectivity index (χ2n) is 18.7. The fourth-order valence-electron chi connectivity index (χ4n) is 9.51. The van der Waals surface area contributed by atoms with Crippen molar-refractivity contribution < 1.29 is 63.4 Å². The molecular weight excluding hydrogens is 908 g/mol. The number of ether oxygens (including phenoxy) is 2. The van der Waals surface area contributed by atoms with Crippen LogP contribution < -0.4 is 21.4 Å². The first-order valence-electron chi connectivity index (χ1n) is 22.5. The van der Waals surface area contributed by atoms with Gasteiger partial charge in [0.1, 0.15) is 0 Å². The molecule has 0 aromatic heterocycles. The second kappa shape index (κ2) is 19.8. The first-order chi connectivity index (χ1) is 31.9. The van der Waals surface area contributed by atoms with Crippen LogP contribution in [0.3, 0.4) is 0 Å². The second-order valence-corrected chi connectivity index (χ2v) is 18.7.